The zero-order chi connectivity index (χ0) is 64.2. The van der Waals surface area contributed by atoms with Crippen LogP contribution >= 0.6 is 0 Å². The molecule has 96 heavy (non-hydrogen) atoms. The molecule has 0 saturated carbocycles. The van der Waals surface area contributed by atoms with Crippen LogP contribution in [0.2, 0.25) is 0 Å². The number of benzene rings is 15. The monoisotopic (exact) mass is 1230 g/mol. The van der Waals surface area contributed by atoms with Gasteiger partial charge >= 0.3 is 0 Å². The van der Waals surface area contributed by atoms with Crippen molar-refractivity contribution < 1.29 is 0 Å². The summed E-state index contributed by atoms with van der Waals surface area (Å²) in [6, 6.07) is 147. The Labute approximate surface area is 563 Å². The summed E-state index contributed by atoms with van der Waals surface area (Å²) in [6.07, 6.45) is 0. The summed E-state index contributed by atoms with van der Waals surface area (Å²) < 4.78 is 0. The molecule has 0 spiro atoms. The lowest BCUT2D eigenvalue weighted by atomic mass is 10.0. The van der Waals surface area contributed by atoms with Crippen LogP contribution in [-0.4, -0.2) is 0 Å². The molecule has 0 atom stereocenters. The van der Waals surface area contributed by atoms with Crippen molar-refractivity contribution in [3.63, 3.8) is 0 Å². The van der Waals surface area contributed by atoms with Gasteiger partial charge in [-0.3, -0.25) is 0 Å². The van der Waals surface area contributed by atoms with Gasteiger partial charge in [-0.25, -0.2) is 0 Å². The number of rotatable bonds is 20. The maximum absolute atomic E-state index is 2.33. The Kier molecular flexibility index (Phi) is 17.3. The normalized spacial score (nSPS) is 10.9. The minimum atomic E-state index is 1.04. The summed E-state index contributed by atoms with van der Waals surface area (Å²) in [7, 11) is 0. The third kappa shape index (κ3) is 12.9. The van der Waals surface area contributed by atoms with Gasteiger partial charge in [0.25, 0.3) is 0 Å². The Morgan fingerprint density at radius 1 is 0.0833 bits per heavy atom. The maximum atomic E-state index is 2.33. The van der Waals surface area contributed by atoms with Crippen LogP contribution < -0.4 is 29.4 Å². The second kappa shape index (κ2) is 27.9. The molecule has 0 amide bonds. The van der Waals surface area contributed by atoms with E-state index in [2.05, 4.69) is 442 Å². The van der Waals surface area contributed by atoms with Gasteiger partial charge in [-0.15, -0.1) is 0 Å². The number of hydrogen-bond acceptors (Lipinski definition) is 6. The molecule has 6 heteroatoms. The molecular formula is C90H68N6. The first-order valence-electron chi connectivity index (χ1n) is 32.6. The van der Waals surface area contributed by atoms with E-state index in [9.17, 15) is 0 Å². The highest BCUT2D eigenvalue weighted by atomic mass is 15.2. The summed E-state index contributed by atoms with van der Waals surface area (Å²) >= 11 is 0. The van der Waals surface area contributed by atoms with Crippen molar-refractivity contribution in [2.75, 3.05) is 29.4 Å². The van der Waals surface area contributed by atoms with Crippen molar-refractivity contribution in [3.05, 3.63) is 413 Å². The van der Waals surface area contributed by atoms with Crippen LogP contribution in [0.15, 0.2) is 413 Å². The Morgan fingerprint density at radius 3 is 0.271 bits per heavy atom. The number of anilines is 18. The Balaban J connectivity index is 0.691. The zero-order valence-electron chi connectivity index (χ0n) is 52.9. The molecule has 0 aliphatic heterocycles. The summed E-state index contributed by atoms with van der Waals surface area (Å²) in [5.74, 6) is 0. The lowest BCUT2D eigenvalue weighted by Crippen LogP contribution is -2.13. The van der Waals surface area contributed by atoms with Gasteiger partial charge in [-0.05, 0) is 241 Å². The highest BCUT2D eigenvalue weighted by Gasteiger charge is 2.21. The van der Waals surface area contributed by atoms with Gasteiger partial charge < -0.3 is 29.4 Å². The van der Waals surface area contributed by atoms with Crippen LogP contribution in [0.1, 0.15) is 0 Å². The van der Waals surface area contributed by atoms with Crippen LogP contribution in [0.4, 0.5) is 102 Å². The van der Waals surface area contributed by atoms with Gasteiger partial charge in [0.15, 0.2) is 0 Å². The zero-order valence-corrected chi connectivity index (χ0v) is 52.9. The quantitative estimate of drug-likeness (QED) is 0.0752. The van der Waals surface area contributed by atoms with Gasteiger partial charge in [-0.2, -0.15) is 0 Å². The van der Waals surface area contributed by atoms with Gasteiger partial charge in [0, 0.05) is 102 Å². The van der Waals surface area contributed by atoms with Gasteiger partial charge in [0.1, 0.15) is 0 Å². The molecule has 15 rings (SSSR count). The van der Waals surface area contributed by atoms with E-state index in [4.69, 9.17) is 0 Å². The highest BCUT2D eigenvalue weighted by Crippen LogP contribution is 2.45. The van der Waals surface area contributed by atoms with E-state index >= 15 is 0 Å². The summed E-state index contributed by atoms with van der Waals surface area (Å²) in [6.45, 7) is 0. The van der Waals surface area contributed by atoms with Crippen LogP contribution in [0.5, 0.6) is 0 Å². The van der Waals surface area contributed by atoms with E-state index in [1.807, 2.05) is 0 Å². The van der Waals surface area contributed by atoms with Crippen molar-refractivity contribution in [2.45, 2.75) is 0 Å². The second-order valence-electron chi connectivity index (χ2n) is 23.4. The molecule has 0 aliphatic rings. The lowest BCUT2D eigenvalue weighted by Gasteiger charge is -2.30. The summed E-state index contributed by atoms with van der Waals surface area (Å²) in [5.41, 5.74) is 23.9. The minimum absolute atomic E-state index is 1.04. The van der Waals surface area contributed by atoms with E-state index < -0.39 is 0 Å². The molecule has 0 N–H and O–H groups in total. The fourth-order valence-corrected chi connectivity index (χ4v) is 12.8. The first kappa shape index (κ1) is 59.4. The molecule has 0 aromatic heterocycles. The fourth-order valence-electron chi connectivity index (χ4n) is 12.8. The molecule has 0 saturated heterocycles. The predicted molar refractivity (Wildman–Crippen MR) is 405 cm³/mol. The molecule has 0 aliphatic carbocycles. The molecule has 15 aromatic rings. The van der Waals surface area contributed by atoms with Crippen molar-refractivity contribution in [3.8, 4) is 22.3 Å². The van der Waals surface area contributed by atoms with E-state index in [0.29, 0.717) is 0 Å². The van der Waals surface area contributed by atoms with E-state index in [1.54, 1.807) is 0 Å². The Hall–Kier alpha value is -12.9. The summed E-state index contributed by atoms with van der Waals surface area (Å²) in [5, 5.41) is 0. The van der Waals surface area contributed by atoms with Crippen molar-refractivity contribution in [1.82, 2.24) is 0 Å². The van der Waals surface area contributed by atoms with Crippen LogP contribution in [0.25, 0.3) is 22.3 Å². The van der Waals surface area contributed by atoms with Gasteiger partial charge in [0.05, 0.1) is 0 Å². The third-order valence-electron chi connectivity index (χ3n) is 17.4. The smallest absolute Gasteiger partial charge is 0.0463 e. The molecular weight excluding hydrogens is 1170 g/mol. The van der Waals surface area contributed by atoms with Crippen molar-refractivity contribution in [1.29, 1.82) is 0 Å². The largest absolute Gasteiger partial charge is 0.311 e. The number of hydrogen-bond donors (Lipinski definition) is 0. The third-order valence-corrected chi connectivity index (χ3v) is 17.4. The second-order valence-corrected chi connectivity index (χ2v) is 23.4. The first-order valence-corrected chi connectivity index (χ1v) is 32.6. The van der Waals surface area contributed by atoms with Crippen molar-refractivity contribution >= 4 is 102 Å². The maximum Gasteiger partial charge on any atom is 0.0463 e. The molecule has 0 heterocycles. The van der Waals surface area contributed by atoms with Crippen LogP contribution in [0.3, 0.4) is 0 Å². The van der Waals surface area contributed by atoms with E-state index in [-0.39, 0.29) is 0 Å². The summed E-state index contributed by atoms with van der Waals surface area (Å²) in [4.78, 5) is 13.9. The number of para-hydroxylation sites is 8. The molecule has 0 bridgehead atoms. The topological polar surface area (TPSA) is 19.4 Å². The van der Waals surface area contributed by atoms with Gasteiger partial charge in [0.2, 0.25) is 0 Å². The average molecular weight is 1230 g/mol. The predicted octanol–water partition coefficient (Wildman–Crippen LogP) is 25.8. The highest BCUT2D eigenvalue weighted by molar-refractivity contribution is 5.87. The van der Waals surface area contributed by atoms with E-state index in [0.717, 1.165) is 125 Å². The SMILES string of the molecule is c1ccc(N(c2ccccc2)c2ccc(-c3ccc(N(c4ccccc4)c4ccc(N(c5ccccc5)c5ccc(N(c6ccccc6)c6ccc(N(c7ccccc7)c7ccc(-c8ccc(N(c9ccccc9)c9ccccc9)cc8)cc7)cc6)cc5)cc4)cc3)cc2)cc1. The van der Waals surface area contributed by atoms with Crippen molar-refractivity contribution in [2.24, 2.45) is 0 Å². The molecule has 0 radical (unpaired) electrons. The molecule has 0 fully saturated rings. The Morgan fingerprint density at radius 2 is 0.167 bits per heavy atom. The molecule has 6 nitrogen and oxygen atoms in total. The first-order chi connectivity index (χ1) is 47.6. The molecule has 458 valence electrons. The van der Waals surface area contributed by atoms with Gasteiger partial charge in [-0.1, -0.05) is 194 Å². The fraction of sp³-hybridized carbons (Fsp3) is 0. The van der Waals surface area contributed by atoms with Crippen LogP contribution in [-0.2, 0) is 0 Å². The number of nitrogens with zero attached hydrogens (tertiary/aromatic N) is 6. The minimum Gasteiger partial charge on any atom is -0.311 e. The standard InChI is InChI=1S/C90H68N6/c1-9-25-73(26-10-1)91(74-27-11-2-12-28-74)81-49-41-69(42-50-81)71-45-53-83(54-46-71)93(77-33-17-5-18-34-77)85-57-61-87(62-58-85)95(79-37-21-7-22-38-79)89-65-67-90(68-66-89)96(80-39-23-8-24-40-80)88-63-59-86(60-64-88)94(78-35-19-6-20-36-78)84-55-47-72(48-56-84)70-43-51-82(52-44-70)92(75-29-13-3-14-30-75)76-31-15-4-16-32-76/h1-68H. The average Bonchev–Trinajstić information content (AvgIpc) is 0.888. The lowest BCUT2D eigenvalue weighted by molar-refractivity contribution is 1.24. The van der Waals surface area contributed by atoms with E-state index in [1.165, 1.54) is 0 Å². The van der Waals surface area contributed by atoms with Crippen LogP contribution in [0, 0.1) is 0 Å². The Bertz CT molecular complexity index is 4500. The molecule has 0 unspecified atom stereocenters. The molecule has 15 aromatic carbocycles.